The highest BCUT2D eigenvalue weighted by molar-refractivity contribution is 5.81. The highest BCUT2D eigenvalue weighted by atomic mass is 19.1. The zero-order valence-electron chi connectivity index (χ0n) is 16.6. The van der Waals surface area contributed by atoms with Gasteiger partial charge in [0.05, 0.1) is 19.2 Å². The van der Waals surface area contributed by atoms with Gasteiger partial charge in [-0.05, 0) is 24.3 Å². The van der Waals surface area contributed by atoms with Crippen LogP contribution in [0, 0.1) is 5.82 Å². The SMILES string of the molecule is COc1ccc2cc(CNCCn3cncn3)c(OCc3ccccc3F)nc2c1. The van der Waals surface area contributed by atoms with Gasteiger partial charge >= 0.3 is 0 Å². The van der Waals surface area contributed by atoms with Crippen LogP contribution in [-0.2, 0) is 19.7 Å². The molecule has 0 bridgehead atoms. The van der Waals surface area contributed by atoms with E-state index in [1.165, 1.54) is 12.4 Å². The lowest BCUT2D eigenvalue weighted by Gasteiger charge is -2.14. The zero-order chi connectivity index (χ0) is 20.8. The maximum Gasteiger partial charge on any atom is 0.218 e. The molecule has 2 aromatic carbocycles. The van der Waals surface area contributed by atoms with Gasteiger partial charge in [0.15, 0.2) is 0 Å². The van der Waals surface area contributed by atoms with Crippen molar-refractivity contribution < 1.29 is 13.9 Å². The summed E-state index contributed by atoms with van der Waals surface area (Å²) in [6.07, 6.45) is 3.19. The van der Waals surface area contributed by atoms with E-state index in [2.05, 4.69) is 20.4 Å². The number of methoxy groups -OCH3 is 1. The van der Waals surface area contributed by atoms with Crippen LogP contribution in [0.2, 0.25) is 0 Å². The van der Waals surface area contributed by atoms with Crippen molar-refractivity contribution in [2.24, 2.45) is 0 Å². The third-order valence-corrected chi connectivity index (χ3v) is 4.69. The van der Waals surface area contributed by atoms with Gasteiger partial charge in [0.2, 0.25) is 5.88 Å². The number of aromatic nitrogens is 4. The number of nitrogens with one attached hydrogen (secondary N) is 1. The second-order valence-electron chi connectivity index (χ2n) is 6.73. The second-order valence-corrected chi connectivity index (χ2v) is 6.73. The fourth-order valence-electron chi connectivity index (χ4n) is 3.08. The maximum absolute atomic E-state index is 14.0. The Morgan fingerprint density at radius 2 is 2.00 bits per heavy atom. The lowest BCUT2D eigenvalue weighted by Crippen LogP contribution is -2.20. The maximum atomic E-state index is 14.0. The minimum absolute atomic E-state index is 0.0983. The van der Waals surface area contributed by atoms with E-state index in [1.807, 2.05) is 24.3 Å². The van der Waals surface area contributed by atoms with E-state index in [4.69, 9.17) is 9.47 Å². The van der Waals surface area contributed by atoms with Gasteiger partial charge in [-0.1, -0.05) is 18.2 Å². The molecule has 4 aromatic rings. The molecule has 0 aliphatic rings. The molecule has 0 fully saturated rings. The Kier molecular flexibility index (Phi) is 6.14. The Hall–Kier alpha value is -3.52. The molecule has 154 valence electrons. The molecule has 0 radical (unpaired) electrons. The molecule has 2 aromatic heterocycles. The summed E-state index contributed by atoms with van der Waals surface area (Å²) >= 11 is 0. The molecule has 0 unspecified atom stereocenters. The predicted molar refractivity (Wildman–Crippen MR) is 111 cm³/mol. The van der Waals surface area contributed by atoms with Crippen LogP contribution in [0.3, 0.4) is 0 Å². The normalized spacial score (nSPS) is 11.0. The van der Waals surface area contributed by atoms with Gasteiger partial charge in [0.1, 0.15) is 30.8 Å². The molecule has 1 N–H and O–H groups in total. The minimum Gasteiger partial charge on any atom is -0.497 e. The zero-order valence-corrected chi connectivity index (χ0v) is 16.6. The molecular formula is C22H22FN5O2. The molecule has 0 aliphatic carbocycles. The molecule has 0 atom stereocenters. The van der Waals surface area contributed by atoms with E-state index in [1.54, 1.807) is 36.3 Å². The van der Waals surface area contributed by atoms with Crippen molar-refractivity contribution >= 4 is 10.9 Å². The average Bonchev–Trinajstić information content (AvgIpc) is 3.29. The number of hydrogen-bond acceptors (Lipinski definition) is 6. The summed E-state index contributed by atoms with van der Waals surface area (Å²) in [6.45, 7) is 2.05. The van der Waals surface area contributed by atoms with Gasteiger partial charge in [0.25, 0.3) is 0 Å². The highest BCUT2D eigenvalue weighted by Gasteiger charge is 2.11. The Balaban J connectivity index is 1.53. The Morgan fingerprint density at radius 1 is 1.10 bits per heavy atom. The number of fused-ring (bicyclic) bond motifs is 1. The van der Waals surface area contributed by atoms with E-state index in [0.717, 1.165) is 16.5 Å². The van der Waals surface area contributed by atoms with E-state index < -0.39 is 0 Å². The summed E-state index contributed by atoms with van der Waals surface area (Å²) in [5.74, 6) is 0.883. The summed E-state index contributed by atoms with van der Waals surface area (Å²) in [5.41, 5.74) is 2.13. The first-order valence-electron chi connectivity index (χ1n) is 9.60. The Labute approximate surface area is 173 Å². The van der Waals surface area contributed by atoms with E-state index in [9.17, 15) is 4.39 Å². The topological polar surface area (TPSA) is 74.1 Å². The summed E-state index contributed by atoms with van der Waals surface area (Å²) in [7, 11) is 1.62. The van der Waals surface area contributed by atoms with Crippen molar-refractivity contribution in [1.82, 2.24) is 25.1 Å². The monoisotopic (exact) mass is 407 g/mol. The summed E-state index contributed by atoms with van der Waals surface area (Å²) in [5, 5.41) is 8.43. The number of benzene rings is 2. The molecule has 4 rings (SSSR count). The minimum atomic E-state index is -0.299. The van der Waals surface area contributed by atoms with Crippen LogP contribution < -0.4 is 14.8 Å². The molecular weight excluding hydrogens is 385 g/mol. The second kappa shape index (κ2) is 9.32. The third-order valence-electron chi connectivity index (χ3n) is 4.69. The van der Waals surface area contributed by atoms with Crippen molar-refractivity contribution in [3.63, 3.8) is 0 Å². The molecule has 30 heavy (non-hydrogen) atoms. The summed E-state index contributed by atoms with van der Waals surface area (Å²) in [6, 6.07) is 14.3. The van der Waals surface area contributed by atoms with E-state index in [-0.39, 0.29) is 12.4 Å². The van der Waals surface area contributed by atoms with Gasteiger partial charge in [-0.3, -0.25) is 4.68 Å². The van der Waals surface area contributed by atoms with Crippen molar-refractivity contribution in [3.05, 3.63) is 78.1 Å². The lowest BCUT2D eigenvalue weighted by molar-refractivity contribution is 0.285. The van der Waals surface area contributed by atoms with Crippen molar-refractivity contribution in [2.75, 3.05) is 13.7 Å². The van der Waals surface area contributed by atoms with Crippen molar-refractivity contribution in [2.45, 2.75) is 19.7 Å². The van der Waals surface area contributed by atoms with Crippen LogP contribution in [0.4, 0.5) is 4.39 Å². The predicted octanol–water partition coefficient (Wildman–Crippen LogP) is 3.34. The average molecular weight is 407 g/mol. The molecule has 2 heterocycles. The van der Waals surface area contributed by atoms with Crippen LogP contribution in [0.25, 0.3) is 10.9 Å². The fourth-order valence-corrected chi connectivity index (χ4v) is 3.08. The molecule has 0 saturated carbocycles. The third kappa shape index (κ3) is 4.72. The fraction of sp³-hybridized carbons (Fsp3) is 0.227. The lowest BCUT2D eigenvalue weighted by atomic mass is 10.1. The standard InChI is InChI=1S/C22H22FN5O2/c1-29-19-7-6-16-10-18(12-24-8-9-28-15-25-14-26-28)22(27-21(16)11-19)30-13-17-4-2-3-5-20(17)23/h2-7,10-11,14-15,24H,8-9,12-13H2,1H3. The summed E-state index contributed by atoms with van der Waals surface area (Å²) < 4.78 is 27.0. The van der Waals surface area contributed by atoms with E-state index in [0.29, 0.717) is 36.8 Å². The van der Waals surface area contributed by atoms with Gasteiger partial charge in [-0.15, -0.1) is 0 Å². The van der Waals surface area contributed by atoms with Crippen LogP contribution >= 0.6 is 0 Å². The molecule has 0 spiro atoms. The first-order chi connectivity index (χ1) is 14.7. The Morgan fingerprint density at radius 3 is 2.80 bits per heavy atom. The quantitative estimate of drug-likeness (QED) is 0.429. The smallest absolute Gasteiger partial charge is 0.218 e. The van der Waals surface area contributed by atoms with Crippen LogP contribution in [-0.4, -0.2) is 33.4 Å². The number of rotatable bonds is 9. The van der Waals surface area contributed by atoms with Crippen LogP contribution in [0.15, 0.2) is 61.2 Å². The van der Waals surface area contributed by atoms with E-state index >= 15 is 0 Å². The van der Waals surface area contributed by atoms with Gasteiger partial charge < -0.3 is 14.8 Å². The molecule has 0 amide bonds. The first kappa shape index (κ1) is 19.8. The molecule has 8 heteroatoms. The number of hydrogen-bond donors (Lipinski definition) is 1. The van der Waals surface area contributed by atoms with Gasteiger partial charge in [-0.2, -0.15) is 5.10 Å². The molecule has 0 aliphatic heterocycles. The largest absolute Gasteiger partial charge is 0.497 e. The number of nitrogens with zero attached hydrogens (tertiary/aromatic N) is 4. The van der Waals surface area contributed by atoms with Crippen molar-refractivity contribution in [1.29, 1.82) is 0 Å². The number of halogens is 1. The van der Waals surface area contributed by atoms with Gasteiger partial charge in [0, 0.05) is 35.7 Å². The highest BCUT2D eigenvalue weighted by Crippen LogP contribution is 2.26. The number of pyridine rings is 1. The molecule has 0 saturated heterocycles. The Bertz CT molecular complexity index is 1120. The van der Waals surface area contributed by atoms with Crippen LogP contribution in [0.1, 0.15) is 11.1 Å². The summed E-state index contributed by atoms with van der Waals surface area (Å²) in [4.78, 5) is 8.60. The molecule has 7 nitrogen and oxygen atoms in total. The first-order valence-corrected chi connectivity index (χ1v) is 9.60. The van der Waals surface area contributed by atoms with Crippen molar-refractivity contribution in [3.8, 4) is 11.6 Å². The van der Waals surface area contributed by atoms with Crippen LogP contribution in [0.5, 0.6) is 11.6 Å². The van der Waals surface area contributed by atoms with Gasteiger partial charge in [-0.25, -0.2) is 14.4 Å². The number of ether oxygens (including phenoxy) is 2.